The molecule has 0 bridgehead atoms. The molecule has 2 saturated carbocycles. The smallest absolute Gasteiger partial charge is 1.00 e. The van der Waals surface area contributed by atoms with Crippen LogP contribution in [0.4, 0.5) is 0 Å². The molecule has 2 aliphatic rings. The normalized spacial score (nSPS) is 19.6. The summed E-state index contributed by atoms with van der Waals surface area (Å²) in [5.41, 5.74) is 4.82. The van der Waals surface area contributed by atoms with Gasteiger partial charge >= 0.3 is 26.2 Å². The molecule has 0 N–H and O–H groups in total. The van der Waals surface area contributed by atoms with E-state index in [0.717, 1.165) is 0 Å². The Morgan fingerprint density at radius 2 is 0.727 bits per heavy atom. The summed E-state index contributed by atoms with van der Waals surface area (Å²) in [4.78, 5) is 0. The fourth-order valence-corrected chi connectivity index (χ4v) is 6.64. The Balaban J connectivity index is 0.000000569. The second-order valence-corrected chi connectivity index (χ2v) is 12.1. The third-order valence-electron chi connectivity index (χ3n) is 8.72. The predicted molar refractivity (Wildman–Crippen MR) is 133 cm³/mol. The molecule has 2 aromatic carbocycles. The second-order valence-electron chi connectivity index (χ2n) is 12.1. The van der Waals surface area contributed by atoms with Crippen molar-refractivity contribution < 1.29 is 51.0 Å². The van der Waals surface area contributed by atoms with E-state index in [1.807, 2.05) is 0 Å². The average Bonchev–Trinajstić information content (AvgIpc) is 3.42. The molecule has 0 nitrogen and oxygen atoms in total. The van der Waals surface area contributed by atoms with Gasteiger partial charge in [-0.15, -0.1) is 0 Å². The van der Waals surface area contributed by atoms with Crippen molar-refractivity contribution in [1.82, 2.24) is 0 Å². The van der Waals surface area contributed by atoms with Crippen LogP contribution in [0.5, 0.6) is 0 Å². The first-order valence-corrected chi connectivity index (χ1v) is 12.6. The van der Waals surface area contributed by atoms with Crippen LogP contribution < -0.4 is 24.8 Å². The van der Waals surface area contributed by atoms with Crippen molar-refractivity contribution in [2.24, 2.45) is 10.8 Å². The average molecular weight is 569 g/mol. The largest absolute Gasteiger partial charge is 4.00 e. The summed E-state index contributed by atoms with van der Waals surface area (Å²) in [6, 6.07) is 18.1. The molecule has 0 radical (unpaired) electrons. The number of halogens is 2. The first kappa shape index (κ1) is 33.2. The summed E-state index contributed by atoms with van der Waals surface area (Å²) >= 11 is 0. The van der Waals surface area contributed by atoms with Crippen LogP contribution in [0.15, 0.2) is 48.5 Å². The first-order chi connectivity index (χ1) is 14.1. The van der Waals surface area contributed by atoms with E-state index in [-0.39, 0.29) is 51.0 Å². The molecule has 2 fully saturated rings. The Kier molecular flexibility index (Phi) is 13.5. The van der Waals surface area contributed by atoms with Gasteiger partial charge in [0.05, 0.1) is 0 Å². The Bertz CT molecular complexity index is 666. The fraction of sp³-hybridized carbons (Fsp3) is 0.667. The van der Waals surface area contributed by atoms with Gasteiger partial charge in [-0.2, -0.15) is 35.4 Å². The third-order valence-corrected chi connectivity index (χ3v) is 8.72. The quantitative estimate of drug-likeness (QED) is 0.488. The zero-order valence-corrected chi connectivity index (χ0v) is 25.9. The van der Waals surface area contributed by atoms with Crippen molar-refractivity contribution in [1.29, 1.82) is 0 Å². The molecule has 33 heavy (non-hydrogen) atoms. The molecule has 2 aromatic rings. The van der Waals surface area contributed by atoms with Crippen molar-refractivity contribution in [2.45, 2.75) is 117 Å². The molecule has 0 aromatic heterocycles. The molecule has 2 aliphatic carbocycles. The van der Waals surface area contributed by atoms with Gasteiger partial charge in [0.2, 0.25) is 0 Å². The maximum absolute atomic E-state index is 2.41. The van der Waals surface area contributed by atoms with Crippen LogP contribution in [0.2, 0.25) is 0 Å². The minimum atomic E-state index is 0. The Morgan fingerprint density at radius 1 is 0.485 bits per heavy atom. The van der Waals surface area contributed by atoms with Crippen LogP contribution in [0.3, 0.4) is 0 Å². The number of rotatable bonds is 2. The molecule has 0 atom stereocenters. The molecular weight excluding hydrogens is 522 g/mol. The molecule has 3 heteroatoms. The van der Waals surface area contributed by atoms with Crippen LogP contribution in [0.1, 0.15) is 117 Å². The van der Waals surface area contributed by atoms with Gasteiger partial charge in [-0.25, -0.2) is 24.3 Å². The predicted octanol–water partition coefficient (Wildman–Crippen LogP) is 3.31. The molecule has 0 amide bonds. The van der Waals surface area contributed by atoms with Crippen LogP contribution >= 0.6 is 0 Å². The van der Waals surface area contributed by atoms with Gasteiger partial charge in [-0.05, 0) is 21.7 Å². The van der Waals surface area contributed by atoms with Gasteiger partial charge in [0.25, 0.3) is 0 Å². The number of hydrogen-bond acceptors (Lipinski definition) is 0. The standard InChI is InChI=1S/2C15H23.2ClH.Zr/c2*1-14(2,3)15(11-7-4-8-12-15)13-9-5-6-10-13;;;/h2*5-6,9-10H,4,7-8,11-12H2,1-3H3;2*1H;/q2*-1;;;+4/p-2. The van der Waals surface area contributed by atoms with Crippen molar-refractivity contribution in [3.05, 3.63) is 59.7 Å². The van der Waals surface area contributed by atoms with Gasteiger partial charge in [0, 0.05) is 0 Å². The van der Waals surface area contributed by atoms with Gasteiger partial charge in [-0.1, -0.05) is 106 Å². The van der Waals surface area contributed by atoms with Crippen LogP contribution in [0.25, 0.3) is 0 Å². The summed E-state index contributed by atoms with van der Waals surface area (Å²) < 4.78 is 0. The third kappa shape index (κ3) is 7.11. The minimum Gasteiger partial charge on any atom is -1.00 e. The summed E-state index contributed by atoms with van der Waals surface area (Å²) in [7, 11) is 0. The van der Waals surface area contributed by atoms with Crippen molar-refractivity contribution in [3.63, 3.8) is 0 Å². The first-order valence-electron chi connectivity index (χ1n) is 12.6. The molecule has 0 heterocycles. The van der Waals surface area contributed by atoms with Gasteiger partial charge in [0.15, 0.2) is 0 Å². The van der Waals surface area contributed by atoms with E-state index in [4.69, 9.17) is 0 Å². The maximum atomic E-state index is 2.41. The molecule has 0 saturated heterocycles. The Labute approximate surface area is 236 Å². The van der Waals surface area contributed by atoms with E-state index >= 15 is 0 Å². The summed E-state index contributed by atoms with van der Waals surface area (Å²) in [5, 5.41) is 0. The maximum Gasteiger partial charge on any atom is 4.00 e. The van der Waals surface area contributed by atoms with Crippen molar-refractivity contribution in [2.75, 3.05) is 0 Å². The van der Waals surface area contributed by atoms with E-state index in [9.17, 15) is 0 Å². The van der Waals surface area contributed by atoms with Gasteiger partial charge in [-0.3, -0.25) is 0 Å². The Hall–Kier alpha value is 0.163. The van der Waals surface area contributed by atoms with Crippen LogP contribution in [0, 0.1) is 10.8 Å². The fourth-order valence-electron chi connectivity index (χ4n) is 6.64. The molecule has 0 unspecified atom stereocenters. The van der Waals surface area contributed by atoms with E-state index in [2.05, 4.69) is 90.1 Å². The summed E-state index contributed by atoms with van der Waals surface area (Å²) in [6.45, 7) is 14.4. The zero-order valence-electron chi connectivity index (χ0n) is 21.9. The SMILES string of the molecule is CC(C)(C)C1([c-]2cccc2)CCCCC1.CC(C)(C)C1([c-]2cccc2)CCCCC1.[Cl-].[Cl-].[Zr+4]. The van der Waals surface area contributed by atoms with Crippen molar-refractivity contribution >= 4 is 0 Å². The van der Waals surface area contributed by atoms with Crippen LogP contribution in [-0.2, 0) is 37.0 Å². The zero-order chi connectivity index (χ0) is 21.9. The topological polar surface area (TPSA) is 0 Å². The monoisotopic (exact) mass is 566 g/mol. The van der Waals surface area contributed by atoms with Gasteiger partial charge in [0.1, 0.15) is 0 Å². The molecule has 4 rings (SSSR count). The Morgan fingerprint density at radius 3 is 0.939 bits per heavy atom. The summed E-state index contributed by atoms with van der Waals surface area (Å²) in [6.07, 6.45) is 14.0. The molecule has 184 valence electrons. The number of hydrogen-bond donors (Lipinski definition) is 0. The van der Waals surface area contributed by atoms with Gasteiger partial charge < -0.3 is 24.8 Å². The van der Waals surface area contributed by atoms with Crippen LogP contribution in [-0.4, -0.2) is 0 Å². The van der Waals surface area contributed by atoms with E-state index in [0.29, 0.717) is 21.7 Å². The minimum absolute atomic E-state index is 0. The summed E-state index contributed by atoms with van der Waals surface area (Å²) in [5.74, 6) is 0. The van der Waals surface area contributed by atoms with E-state index in [1.165, 1.54) is 64.2 Å². The molecule has 0 spiro atoms. The second kappa shape index (κ2) is 13.5. The van der Waals surface area contributed by atoms with E-state index < -0.39 is 0 Å². The molecule has 0 aliphatic heterocycles. The molecular formula is C30H46Cl2Zr. The van der Waals surface area contributed by atoms with E-state index in [1.54, 1.807) is 11.1 Å². The van der Waals surface area contributed by atoms with Crippen molar-refractivity contribution in [3.8, 4) is 0 Å².